The third-order valence-corrected chi connectivity index (χ3v) is 5.13. The van der Waals surface area contributed by atoms with Crippen molar-refractivity contribution in [2.45, 2.75) is 72.6 Å². The Labute approximate surface area is 148 Å². The third-order valence-electron chi connectivity index (χ3n) is 5.13. The van der Waals surface area contributed by atoms with Gasteiger partial charge < -0.3 is 5.11 Å². The molecule has 1 aromatic rings. The van der Waals surface area contributed by atoms with Crippen molar-refractivity contribution in [3.63, 3.8) is 0 Å². The van der Waals surface area contributed by atoms with Crippen molar-refractivity contribution in [1.29, 1.82) is 0 Å². The molecule has 24 heavy (non-hydrogen) atoms. The van der Waals surface area contributed by atoms with Crippen LogP contribution in [0.1, 0.15) is 71.9 Å². The molecule has 1 nitrogen and oxygen atoms in total. The van der Waals surface area contributed by atoms with Crippen LogP contribution in [0.5, 0.6) is 5.75 Å². The Morgan fingerprint density at radius 1 is 1.08 bits per heavy atom. The Morgan fingerprint density at radius 3 is 2.38 bits per heavy atom. The van der Waals surface area contributed by atoms with Gasteiger partial charge in [-0.25, -0.2) is 0 Å². The van der Waals surface area contributed by atoms with Gasteiger partial charge in [-0.3, -0.25) is 0 Å². The maximum absolute atomic E-state index is 10.3. The first-order chi connectivity index (χ1) is 11.0. The predicted molar refractivity (Wildman–Crippen MR) is 105 cm³/mol. The summed E-state index contributed by atoms with van der Waals surface area (Å²) in [7, 11) is 0. The molecular weight excluding hydrogens is 292 g/mol. The Balaban J connectivity index is 2.16. The number of phenols is 1. The summed E-state index contributed by atoms with van der Waals surface area (Å²) in [6.07, 6.45) is 13.0. The molecule has 0 saturated heterocycles. The highest BCUT2D eigenvalue weighted by Gasteiger charge is 2.28. The molecule has 1 heteroatoms. The van der Waals surface area contributed by atoms with E-state index in [9.17, 15) is 5.11 Å². The van der Waals surface area contributed by atoms with Gasteiger partial charge in [0.05, 0.1) is 0 Å². The van der Waals surface area contributed by atoms with Crippen molar-refractivity contribution >= 4 is 0 Å². The lowest BCUT2D eigenvalue weighted by Gasteiger charge is -2.33. The second-order valence-electron chi connectivity index (χ2n) is 9.61. The third kappa shape index (κ3) is 5.00. The van der Waals surface area contributed by atoms with Gasteiger partial charge >= 0.3 is 0 Å². The molecule has 0 heterocycles. The van der Waals surface area contributed by atoms with Crippen LogP contribution in [0.3, 0.4) is 0 Å². The number of allylic oxidation sites excluding steroid dienone is 4. The molecule has 1 aliphatic rings. The molecule has 2 rings (SSSR count). The quantitative estimate of drug-likeness (QED) is 0.649. The molecule has 0 saturated carbocycles. The minimum absolute atomic E-state index is 0.109. The zero-order valence-electron chi connectivity index (χ0n) is 16.3. The van der Waals surface area contributed by atoms with Crippen molar-refractivity contribution in [3.05, 3.63) is 53.6 Å². The maximum atomic E-state index is 10.3. The highest BCUT2D eigenvalue weighted by atomic mass is 16.3. The molecule has 0 aliphatic heterocycles. The van der Waals surface area contributed by atoms with Crippen LogP contribution in [0.4, 0.5) is 0 Å². The van der Waals surface area contributed by atoms with Gasteiger partial charge in [-0.15, -0.1) is 0 Å². The van der Waals surface area contributed by atoms with Crippen LogP contribution >= 0.6 is 0 Å². The van der Waals surface area contributed by atoms with Gasteiger partial charge in [-0.1, -0.05) is 78.0 Å². The molecule has 0 bridgehead atoms. The van der Waals surface area contributed by atoms with Gasteiger partial charge in [0.25, 0.3) is 0 Å². The molecule has 0 fully saturated rings. The van der Waals surface area contributed by atoms with E-state index >= 15 is 0 Å². The Bertz CT molecular complexity index is 628. The first kappa shape index (κ1) is 18.8. The van der Waals surface area contributed by atoms with Gasteiger partial charge in [0.2, 0.25) is 0 Å². The zero-order valence-corrected chi connectivity index (χ0v) is 16.3. The predicted octanol–water partition coefficient (Wildman–Crippen LogP) is 6.56. The topological polar surface area (TPSA) is 20.2 Å². The fourth-order valence-corrected chi connectivity index (χ4v) is 4.01. The van der Waals surface area contributed by atoms with Crippen LogP contribution in [0.25, 0.3) is 0 Å². The summed E-state index contributed by atoms with van der Waals surface area (Å²) in [6.45, 7) is 13.8. The van der Waals surface area contributed by atoms with Crippen molar-refractivity contribution < 1.29 is 5.11 Å². The van der Waals surface area contributed by atoms with Crippen LogP contribution in [0.2, 0.25) is 0 Å². The van der Waals surface area contributed by atoms with Crippen molar-refractivity contribution in [2.24, 2.45) is 10.8 Å². The summed E-state index contributed by atoms with van der Waals surface area (Å²) in [5.74, 6) is 0.434. The molecule has 0 spiro atoms. The summed E-state index contributed by atoms with van der Waals surface area (Å²) in [6, 6.07) is 6.20. The molecule has 0 radical (unpaired) electrons. The van der Waals surface area contributed by atoms with Crippen LogP contribution in [-0.4, -0.2) is 5.11 Å². The summed E-state index contributed by atoms with van der Waals surface area (Å²) in [5, 5.41) is 10.3. The van der Waals surface area contributed by atoms with E-state index in [-0.39, 0.29) is 16.2 Å². The van der Waals surface area contributed by atoms with Crippen molar-refractivity contribution in [1.82, 2.24) is 0 Å². The Morgan fingerprint density at radius 2 is 1.79 bits per heavy atom. The van der Waals surface area contributed by atoms with Crippen LogP contribution in [-0.2, 0) is 11.8 Å². The standard InChI is InChI=1S/C23H34O/c1-21(2,3)17-22(4,5)19-10-11-20(24)18(16-19)12-15-23(6)13-8-7-9-14-23/h7-11,13,16,24H,12,14-15,17H2,1-6H3. The first-order valence-electron chi connectivity index (χ1n) is 9.18. The molecule has 1 N–H and O–H groups in total. The first-order valence-corrected chi connectivity index (χ1v) is 9.18. The molecule has 0 amide bonds. The molecule has 132 valence electrons. The molecule has 1 unspecified atom stereocenters. The number of rotatable bonds is 5. The lowest BCUT2D eigenvalue weighted by atomic mass is 9.71. The molecule has 1 atom stereocenters. The lowest BCUT2D eigenvalue weighted by molar-refractivity contribution is 0.284. The number of aryl methyl sites for hydroxylation is 1. The number of aromatic hydroxyl groups is 1. The van der Waals surface area contributed by atoms with Crippen molar-refractivity contribution in [3.8, 4) is 5.75 Å². The van der Waals surface area contributed by atoms with Gasteiger partial charge in [-0.05, 0) is 59.1 Å². The van der Waals surface area contributed by atoms with Crippen LogP contribution < -0.4 is 0 Å². The minimum Gasteiger partial charge on any atom is -0.508 e. The molecule has 1 aromatic carbocycles. The fourth-order valence-electron chi connectivity index (χ4n) is 4.01. The van der Waals surface area contributed by atoms with Gasteiger partial charge in [0, 0.05) is 0 Å². The average Bonchev–Trinajstić information content (AvgIpc) is 2.44. The summed E-state index contributed by atoms with van der Waals surface area (Å²) >= 11 is 0. The van der Waals surface area contributed by atoms with Gasteiger partial charge in [0.15, 0.2) is 0 Å². The largest absolute Gasteiger partial charge is 0.508 e. The SMILES string of the molecule is CC(C)(C)CC(C)(C)c1ccc(O)c(CCC2(C)C=CC=CC2)c1. The normalized spacial score (nSPS) is 21.2. The number of benzene rings is 1. The Kier molecular flexibility index (Phi) is 5.32. The number of hydrogen-bond donors (Lipinski definition) is 1. The fraction of sp³-hybridized carbons (Fsp3) is 0.565. The maximum Gasteiger partial charge on any atom is 0.118 e. The minimum atomic E-state index is 0.109. The number of phenolic OH excluding ortho intramolecular Hbond substituents is 1. The smallest absolute Gasteiger partial charge is 0.118 e. The van der Waals surface area contributed by atoms with E-state index in [4.69, 9.17) is 0 Å². The van der Waals surface area contributed by atoms with E-state index in [2.05, 4.69) is 78.0 Å². The van der Waals surface area contributed by atoms with E-state index in [1.807, 2.05) is 6.07 Å². The van der Waals surface area contributed by atoms with Gasteiger partial charge in [0.1, 0.15) is 5.75 Å². The van der Waals surface area contributed by atoms with E-state index < -0.39 is 0 Å². The van der Waals surface area contributed by atoms with Crippen LogP contribution in [0, 0.1) is 10.8 Å². The number of hydrogen-bond acceptors (Lipinski definition) is 1. The monoisotopic (exact) mass is 326 g/mol. The summed E-state index contributed by atoms with van der Waals surface area (Å²) < 4.78 is 0. The summed E-state index contributed by atoms with van der Waals surface area (Å²) in [5.41, 5.74) is 3.01. The van der Waals surface area contributed by atoms with E-state index in [0.717, 1.165) is 31.2 Å². The summed E-state index contributed by atoms with van der Waals surface area (Å²) in [4.78, 5) is 0. The molecule has 0 aromatic heterocycles. The van der Waals surface area contributed by atoms with E-state index in [1.54, 1.807) is 0 Å². The highest BCUT2D eigenvalue weighted by Crippen LogP contribution is 2.39. The van der Waals surface area contributed by atoms with Crippen molar-refractivity contribution in [2.75, 3.05) is 0 Å². The lowest BCUT2D eigenvalue weighted by Crippen LogP contribution is -2.25. The zero-order chi connectivity index (χ0) is 18.0. The Hall–Kier alpha value is -1.50. The average molecular weight is 327 g/mol. The molecular formula is C23H34O. The van der Waals surface area contributed by atoms with E-state index in [1.165, 1.54) is 5.56 Å². The van der Waals surface area contributed by atoms with E-state index in [0.29, 0.717) is 5.75 Å². The molecule has 1 aliphatic carbocycles. The van der Waals surface area contributed by atoms with Crippen LogP contribution in [0.15, 0.2) is 42.5 Å². The second kappa shape index (κ2) is 6.78. The second-order valence-corrected chi connectivity index (χ2v) is 9.61. The van der Waals surface area contributed by atoms with Gasteiger partial charge in [-0.2, -0.15) is 0 Å². The highest BCUT2D eigenvalue weighted by molar-refractivity contribution is 5.39.